The molecule has 6 heteroatoms. The zero-order chi connectivity index (χ0) is 19.8. The van der Waals surface area contributed by atoms with Crippen LogP contribution in [0.2, 0.25) is 5.02 Å². The van der Waals surface area contributed by atoms with Gasteiger partial charge in [-0.25, -0.2) is 4.99 Å². The standard InChI is InChI=1S/C23H20ClN5/c24-16-10-8-15(9-11-16)14-23(25)22(28-20-4-1-2-5-21(20)29-23)27-19-7-3-6-18-17(19)12-13-26-18/h1-13,26,29H,14,25H2,(H,27,28). The zero-order valence-electron chi connectivity index (χ0n) is 15.6. The monoisotopic (exact) mass is 401 g/mol. The lowest BCUT2D eigenvalue weighted by Gasteiger charge is -2.37. The first-order valence-electron chi connectivity index (χ1n) is 9.44. The number of anilines is 2. The van der Waals surface area contributed by atoms with Crippen molar-refractivity contribution >= 4 is 45.4 Å². The Morgan fingerprint density at radius 1 is 0.966 bits per heavy atom. The second-order valence-electron chi connectivity index (χ2n) is 7.25. The van der Waals surface area contributed by atoms with Gasteiger partial charge in [0.2, 0.25) is 0 Å². The molecule has 4 aromatic rings. The molecule has 0 fully saturated rings. The minimum Gasteiger partial charge on any atom is -0.361 e. The van der Waals surface area contributed by atoms with Crippen LogP contribution in [0.25, 0.3) is 10.9 Å². The van der Waals surface area contributed by atoms with Gasteiger partial charge in [0.25, 0.3) is 0 Å². The SMILES string of the molecule is NC1(Cc2ccc(Cl)cc2)Nc2ccccc2N=C1Nc1cccc2[nH]ccc12. The molecule has 5 rings (SSSR count). The molecule has 0 spiro atoms. The van der Waals surface area contributed by atoms with E-state index in [1.807, 2.05) is 79.0 Å². The molecular weight excluding hydrogens is 382 g/mol. The number of amidine groups is 1. The molecule has 0 radical (unpaired) electrons. The number of nitrogens with zero attached hydrogens (tertiary/aromatic N) is 1. The first kappa shape index (κ1) is 17.8. The van der Waals surface area contributed by atoms with E-state index in [1.54, 1.807) is 0 Å². The average molecular weight is 402 g/mol. The Bertz CT molecular complexity index is 1210. The van der Waals surface area contributed by atoms with Crippen molar-refractivity contribution in [3.8, 4) is 0 Å². The van der Waals surface area contributed by atoms with E-state index < -0.39 is 5.66 Å². The molecule has 2 heterocycles. The number of fused-ring (bicyclic) bond motifs is 2. The van der Waals surface area contributed by atoms with Gasteiger partial charge in [-0.1, -0.05) is 41.9 Å². The van der Waals surface area contributed by atoms with E-state index in [-0.39, 0.29) is 0 Å². The van der Waals surface area contributed by atoms with Gasteiger partial charge in [-0.3, -0.25) is 0 Å². The van der Waals surface area contributed by atoms with Gasteiger partial charge in [0.05, 0.1) is 11.4 Å². The molecule has 1 atom stereocenters. The van der Waals surface area contributed by atoms with Crippen molar-refractivity contribution in [1.29, 1.82) is 0 Å². The Morgan fingerprint density at radius 2 is 1.79 bits per heavy atom. The largest absolute Gasteiger partial charge is 0.361 e. The van der Waals surface area contributed by atoms with Crippen LogP contribution in [0.5, 0.6) is 0 Å². The van der Waals surface area contributed by atoms with E-state index in [1.165, 1.54) is 0 Å². The molecule has 5 N–H and O–H groups in total. The van der Waals surface area contributed by atoms with Crippen LogP contribution < -0.4 is 16.4 Å². The Morgan fingerprint density at radius 3 is 2.66 bits per heavy atom. The molecule has 144 valence electrons. The van der Waals surface area contributed by atoms with E-state index in [4.69, 9.17) is 22.3 Å². The molecule has 0 amide bonds. The molecule has 0 saturated heterocycles. The van der Waals surface area contributed by atoms with Crippen molar-refractivity contribution in [2.45, 2.75) is 12.1 Å². The average Bonchev–Trinajstić information content (AvgIpc) is 3.20. The molecule has 3 aromatic carbocycles. The number of nitrogens with two attached hydrogens (primary N) is 1. The highest BCUT2D eigenvalue weighted by Crippen LogP contribution is 2.34. The fourth-order valence-electron chi connectivity index (χ4n) is 3.71. The van der Waals surface area contributed by atoms with Gasteiger partial charge in [0, 0.05) is 34.2 Å². The second-order valence-corrected chi connectivity index (χ2v) is 7.68. The number of aliphatic imine (C=N–C) groups is 1. The molecule has 1 unspecified atom stereocenters. The third-order valence-corrected chi connectivity index (χ3v) is 5.41. The third-order valence-electron chi connectivity index (χ3n) is 5.16. The van der Waals surface area contributed by atoms with Gasteiger partial charge in [-0.05, 0) is 48.0 Å². The normalized spacial score (nSPS) is 18.1. The van der Waals surface area contributed by atoms with Crippen molar-refractivity contribution in [3.05, 3.63) is 89.6 Å². The number of aromatic nitrogens is 1. The number of halogens is 1. The van der Waals surface area contributed by atoms with Crippen LogP contribution in [-0.4, -0.2) is 16.5 Å². The Kier molecular flexibility index (Phi) is 4.27. The summed E-state index contributed by atoms with van der Waals surface area (Å²) < 4.78 is 0. The Hall–Kier alpha value is -3.28. The van der Waals surface area contributed by atoms with Crippen LogP contribution in [0.4, 0.5) is 17.1 Å². The Labute approximate surface area is 173 Å². The van der Waals surface area contributed by atoms with Crippen molar-refractivity contribution in [2.75, 3.05) is 10.6 Å². The van der Waals surface area contributed by atoms with Crippen LogP contribution in [-0.2, 0) is 6.42 Å². The molecule has 5 nitrogen and oxygen atoms in total. The highest BCUT2D eigenvalue weighted by atomic mass is 35.5. The summed E-state index contributed by atoms with van der Waals surface area (Å²) in [5.74, 6) is 0.667. The van der Waals surface area contributed by atoms with Crippen molar-refractivity contribution in [2.24, 2.45) is 10.7 Å². The maximum absolute atomic E-state index is 6.91. The van der Waals surface area contributed by atoms with Crippen LogP contribution in [0.3, 0.4) is 0 Å². The molecule has 1 aromatic heterocycles. The molecule has 0 saturated carbocycles. The second kappa shape index (κ2) is 6.95. The zero-order valence-corrected chi connectivity index (χ0v) is 16.4. The van der Waals surface area contributed by atoms with Gasteiger partial charge in [-0.15, -0.1) is 0 Å². The van der Waals surface area contributed by atoms with Crippen LogP contribution in [0.1, 0.15) is 5.56 Å². The molecule has 29 heavy (non-hydrogen) atoms. The first-order valence-corrected chi connectivity index (χ1v) is 9.81. The van der Waals surface area contributed by atoms with Crippen LogP contribution in [0, 0.1) is 0 Å². The van der Waals surface area contributed by atoms with Gasteiger partial charge < -0.3 is 21.4 Å². The number of hydrogen-bond acceptors (Lipinski definition) is 4. The van der Waals surface area contributed by atoms with Crippen LogP contribution in [0.15, 0.2) is 84.0 Å². The first-order chi connectivity index (χ1) is 14.1. The van der Waals surface area contributed by atoms with Crippen LogP contribution >= 0.6 is 11.6 Å². The predicted molar refractivity (Wildman–Crippen MR) is 121 cm³/mol. The van der Waals surface area contributed by atoms with E-state index >= 15 is 0 Å². The Balaban J connectivity index is 1.57. The fraction of sp³-hybridized carbons (Fsp3) is 0.0870. The fourth-order valence-corrected chi connectivity index (χ4v) is 3.84. The molecular formula is C23H20ClN5. The number of nitrogens with one attached hydrogen (secondary N) is 3. The summed E-state index contributed by atoms with van der Waals surface area (Å²) in [4.78, 5) is 8.12. The molecule has 1 aliphatic rings. The number of para-hydroxylation sites is 2. The lowest BCUT2D eigenvalue weighted by atomic mass is 9.96. The smallest absolute Gasteiger partial charge is 0.150 e. The summed E-state index contributed by atoms with van der Waals surface area (Å²) in [6.45, 7) is 0. The van der Waals surface area contributed by atoms with E-state index in [9.17, 15) is 0 Å². The number of H-pyrrole nitrogens is 1. The lowest BCUT2D eigenvalue weighted by molar-refractivity contribution is 0.631. The molecule has 0 aliphatic carbocycles. The summed E-state index contributed by atoms with van der Waals surface area (Å²) >= 11 is 6.05. The maximum atomic E-state index is 6.91. The van der Waals surface area contributed by atoms with Gasteiger partial charge in [0.1, 0.15) is 11.5 Å². The van der Waals surface area contributed by atoms with E-state index in [0.29, 0.717) is 17.3 Å². The summed E-state index contributed by atoms with van der Waals surface area (Å²) in [5.41, 5.74) is 10.9. The summed E-state index contributed by atoms with van der Waals surface area (Å²) in [5, 5.41) is 8.77. The quantitative estimate of drug-likeness (QED) is 0.377. The molecule has 1 aliphatic heterocycles. The van der Waals surface area contributed by atoms with E-state index in [2.05, 4.69) is 15.6 Å². The van der Waals surface area contributed by atoms with Gasteiger partial charge >= 0.3 is 0 Å². The number of hydrogen-bond donors (Lipinski definition) is 4. The van der Waals surface area contributed by atoms with Crippen molar-refractivity contribution in [3.63, 3.8) is 0 Å². The van der Waals surface area contributed by atoms with Gasteiger partial charge in [0.15, 0.2) is 0 Å². The topological polar surface area (TPSA) is 78.2 Å². The highest BCUT2D eigenvalue weighted by Gasteiger charge is 2.36. The minimum atomic E-state index is -0.902. The van der Waals surface area contributed by atoms with E-state index in [0.717, 1.165) is 33.5 Å². The predicted octanol–water partition coefficient (Wildman–Crippen LogP) is 5.29. The number of aromatic amines is 1. The molecule has 0 bridgehead atoms. The van der Waals surface area contributed by atoms with Gasteiger partial charge in [-0.2, -0.15) is 0 Å². The summed E-state index contributed by atoms with van der Waals surface area (Å²) in [7, 11) is 0. The third kappa shape index (κ3) is 3.35. The summed E-state index contributed by atoms with van der Waals surface area (Å²) in [6, 6.07) is 23.8. The highest BCUT2D eigenvalue weighted by molar-refractivity contribution is 6.30. The van der Waals surface area contributed by atoms with Crippen molar-refractivity contribution in [1.82, 2.24) is 4.98 Å². The summed E-state index contributed by atoms with van der Waals surface area (Å²) in [6.07, 6.45) is 2.48. The van der Waals surface area contributed by atoms with Crippen molar-refractivity contribution < 1.29 is 0 Å². The maximum Gasteiger partial charge on any atom is 0.150 e. The number of rotatable bonds is 3. The lowest BCUT2D eigenvalue weighted by Crippen LogP contribution is -2.60. The number of benzene rings is 3. The minimum absolute atomic E-state index is 0.549.